The Balaban J connectivity index is 3.02. The van der Waals surface area contributed by atoms with Crippen molar-refractivity contribution in [1.82, 2.24) is 0 Å². The molecule has 6 heteroatoms. The van der Waals surface area contributed by atoms with Gasteiger partial charge >= 0.3 is 0 Å². The van der Waals surface area contributed by atoms with Crippen LogP contribution in [0.15, 0.2) is 24.3 Å². The zero-order valence-electron chi connectivity index (χ0n) is 9.06. The summed E-state index contributed by atoms with van der Waals surface area (Å²) >= 11 is 0. The van der Waals surface area contributed by atoms with Gasteiger partial charge in [-0.1, -0.05) is 6.07 Å². The van der Waals surface area contributed by atoms with Gasteiger partial charge in [0.25, 0.3) is 0 Å². The van der Waals surface area contributed by atoms with E-state index >= 15 is 0 Å². The average molecular weight is 246 g/mol. The molecule has 0 fully saturated rings. The Bertz CT molecular complexity index is 448. The van der Waals surface area contributed by atoms with Crippen LogP contribution in [-0.2, 0) is 10.0 Å². The molecule has 0 unspecified atom stereocenters. The number of benzene rings is 1. The third-order valence-corrected chi connectivity index (χ3v) is 3.26. The molecule has 2 N–H and O–H groups in total. The fourth-order valence-corrected chi connectivity index (χ4v) is 2.31. The molecule has 1 aromatic rings. The normalized spacial score (nSPS) is 11.4. The zero-order valence-corrected chi connectivity index (χ0v) is 9.87. The van der Waals surface area contributed by atoms with Gasteiger partial charge in [0.05, 0.1) is 11.9 Å². The van der Waals surface area contributed by atoms with Crippen molar-refractivity contribution >= 4 is 15.7 Å². The fraction of sp³-hybridized carbons (Fsp3) is 0.400. The third kappa shape index (κ3) is 3.46. The second-order valence-electron chi connectivity index (χ2n) is 3.46. The first-order valence-electron chi connectivity index (χ1n) is 4.88. The summed E-state index contributed by atoms with van der Waals surface area (Å²) in [5.41, 5.74) is 5.66. The summed E-state index contributed by atoms with van der Waals surface area (Å²) in [4.78, 5) is 0. The van der Waals surface area contributed by atoms with Crippen molar-refractivity contribution in [3.63, 3.8) is 0 Å². The van der Waals surface area contributed by atoms with Crippen LogP contribution < -0.4 is 10.0 Å². The summed E-state index contributed by atoms with van der Waals surface area (Å²) in [5, 5.41) is 0. The van der Waals surface area contributed by atoms with Crippen LogP contribution in [0.4, 0.5) is 10.1 Å². The van der Waals surface area contributed by atoms with E-state index in [4.69, 9.17) is 5.73 Å². The van der Waals surface area contributed by atoms with Gasteiger partial charge in [-0.2, -0.15) is 0 Å². The standard InChI is InChI=1S/C10H15FN2O2S/c1-16(14,15)13(7-3-6-12)10-5-2-4-9(11)8-10/h2,4-5,8H,3,6-7,12H2,1H3. The van der Waals surface area contributed by atoms with E-state index in [2.05, 4.69) is 0 Å². The molecule has 0 aliphatic carbocycles. The van der Waals surface area contributed by atoms with Crippen LogP contribution in [0.25, 0.3) is 0 Å². The van der Waals surface area contributed by atoms with Gasteiger partial charge in [0, 0.05) is 6.54 Å². The highest BCUT2D eigenvalue weighted by molar-refractivity contribution is 7.92. The molecule has 0 aromatic heterocycles. The lowest BCUT2D eigenvalue weighted by atomic mass is 10.3. The van der Waals surface area contributed by atoms with Crippen LogP contribution >= 0.6 is 0 Å². The number of hydrogen-bond acceptors (Lipinski definition) is 3. The van der Waals surface area contributed by atoms with Gasteiger partial charge in [-0.15, -0.1) is 0 Å². The Hall–Kier alpha value is -1.14. The Morgan fingerprint density at radius 1 is 1.44 bits per heavy atom. The first-order chi connectivity index (χ1) is 7.45. The number of sulfonamides is 1. The molecule has 4 nitrogen and oxygen atoms in total. The molecule has 90 valence electrons. The van der Waals surface area contributed by atoms with Crippen LogP contribution in [0.1, 0.15) is 6.42 Å². The molecule has 0 radical (unpaired) electrons. The van der Waals surface area contributed by atoms with E-state index in [1.165, 1.54) is 18.2 Å². The highest BCUT2D eigenvalue weighted by Crippen LogP contribution is 2.18. The SMILES string of the molecule is CS(=O)(=O)N(CCCN)c1cccc(F)c1. The molecule has 1 rings (SSSR count). The van der Waals surface area contributed by atoms with Crippen molar-refractivity contribution in [2.45, 2.75) is 6.42 Å². The van der Waals surface area contributed by atoms with Crippen molar-refractivity contribution in [3.8, 4) is 0 Å². The molecular weight excluding hydrogens is 231 g/mol. The van der Waals surface area contributed by atoms with Crippen LogP contribution in [0, 0.1) is 5.82 Å². The van der Waals surface area contributed by atoms with Crippen LogP contribution in [0.5, 0.6) is 0 Å². The molecule has 0 aliphatic heterocycles. The largest absolute Gasteiger partial charge is 0.330 e. The smallest absolute Gasteiger partial charge is 0.232 e. The molecule has 0 spiro atoms. The lowest BCUT2D eigenvalue weighted by Crippen LogP contribution is -2.32. The molecule has 0 bridgehead atoms. The summed E-state index contributed by atoms with van der Waals surface area (Å²) in [5.74, 6) is -0.459. The average Bonchev–Trinajstić information content (AvgIpc) is 2.16. The minimum atomic E-state index is -3.40. The summed E-state index contributed by atoms with van der Waals surface area (Å²) < 4.78 is 37.2. The molecule has 0 saturated heterocycles. The number of nitrogens with zero attached hydrogens (tertiary/aromatic N) is 1. The number of rotatable bonds is 5. The van der Waals surface area contributed by atoms with Crippen molar-refractivity contribution in [3.05, 3.63) is 30.1 Å². The van der Waals surface area contributed by atoms with Crippen molar-refractivity contribution in [2.24, 2.45) is 5.73 Å². The molecule has 0 aliphatic rings. The predicted octanol–water partition coefficient (Wildman–Crippen LogP) is 0.940. The van der Waals surface area contributed by atoms with Gasteiger partial charge in [-0.3, -0.25) is 4.31 Å². The monoisotopic (exact) mass is 246 g/mol. The van der Waals surface area contributed by atoms with E-state index in [1.807, 2.05) is 0 Å². The summed E-state index contributed by atoms with van der Waals surface area (Å²) in [7, 11) is -3.40. The second kappa shape index (κ2) is 5.27. The van der Waals surface area contributed by atoms with Gasteiger partial charge in [-0.05, 0) is 31.2 Å². The van der Waals surface area contributed by atoms with Crippen LogP contribution in [0.3, 0.4) is 0 Å². The van der Waals surface area contributed by atoms with E-state index in [9.17, 15) is 12.8 Å². The van der Waals surface area contributed by atoms with Crippen LogP contribution in [-0.4, -0.2) is 27.8 Å². The highest BCUT2D eigenvalue weighted by Gasteiger charge is 2.16. The lowest BCUT2D eigenvalue weighted by Gasteiger charge is -2.22. The maximum absolute atomic E-state index is 13.0. The van der Waals surface area contributed by atoms with E-state index in [0.717, 1.165) is 10.6 Å². The molecule has 0 saturated carbocycles. The van der Waals surface area contributed by atoms with E-state index in [-0.39, 0.29) is 6.54 Å². The lowest BCUT2D eigenvalue weighted by molar-refractivity contribution is 0.594. The van der Waals surface area contributed by atoms with E-state index < -0.39 is 15.8 Å². The second-order valence-corrected chi connectivity index (χ2v) is 5.36. The first kappa shape index (κ1) is 12.9. The Labute approximate surface area is 94.9 Å². The van der Waals surface area contributed by atoms with Gasteiger partial charge in [0.15, 0.2) is 0 Å². The summed E-state index contributed by atoms with van der Waals surface area (Å²) in [6, 6.07) is 5.50. The third-order valence-electron chi connectivity index (χ3n) is 2.06. The summed E-state index contributed by atoms with van der Waals surface area (Å²) in [6.07, 6.45) is 1.62. The van der Waals surface area contributed by atoms with E-state index in [1.54, 1.807) is 6.07 Å². The number of hydrogen-bond donors (Lipinski definition) is 1. The Morgan fingerprint density at radius 2 is 2.12 bits per heavy atom. The van der Waals surface area contributed by atoms with Crippen molar-refractivity contribution in [1.29, 1.82) is 0 Å². The van der Waals surface area contributed by atoms with Gasteiger partial charge < -0.3 is 5.73 Å². The molecule has 0 atom stereocenters. The minimum Gasteiger partial charge on any atom is -0.330 e. The molecular formula is C10H15FN2O2S. The Morgan fingerprint density at radius 3 is 2.62 bits per heavy atom. The first-order valence-corrected chi connectivity index (χ1v) is 6.73. The van der Waals surface area contributed by atoms with Gasteiger partial charge in [0.1, 0.15) is 5.82 Å². The predicted molar refractivity (Wildman–Crippen MR) is 62.3 cm³/mol. The maximum Gasteiger partial charge on any atom is 0.232 e. The number of anilines is 1. The highest BCUT2D eigenvalue weighted by atomic mass is 32.2. The quantitative estimate of drug-likeness (QED) is 0.841. The zero-order chi connectivity index (χ0) is 12.2. The van der Waals surface area contributed by atoms with Gasteiger partial charge in [-0.25, -0.2) is 12.8 Å². The minimum absolute atomic E-state index is 0.263. The fourth-order valence-electron chi connectivity index (χ4n) is 1.35. The molecule has 1 aromatic carbocycles. The number of halogens is 1. The topological polar surface area (TPSA) is 63.4 Å². The number of nitrogens with two attached hydrogens (primary N) is 1. The maximum atomic E-state index is 13.0. The van der Waals surface area contributed by atoms with Crippen molar-refractivity contribution < 1.29 is 12.8 Å². The van der Waals surface area contributed by atoms with Gasteiger partial charge in [0.2, 0.25) is 10.0 Å². The van der Waals surface area contributed by atoms with E-state index in [0.29, 0.717) is 18.7 Å². The van der Waals surface area contributed by atoms with Crippen LogP contribution in [0.2, 0.25) is 0 Å². The Kier molecular flexibility index (Phi) is 4.26. The molecule has 0 amide bonds. The summed E-state index contributed by atoms with van der Waals surface area (Å²) in [6.45, 7) is 0.653. The van der Waals surface area contributed by atoms with Crippen molar-refractivity contribution in [2.75, 3.05) is 23.7 Å². The molecule has 0 heterocycles. The molecule has 16 heavy (non-hydrogen) atoms.